The minimum Gasteiger partial charge on any atom is -0.290 e. The van der Waals surface area contributed by atoms with E-state index in [1.165, 1.54) is 0 Å². The van der Waals surface area contributed by atoms with Crippen LogP contribution in [0.15, 0.2) is 12.4 Å². The van der Waals surface area contributed by atoms with Gasteiger partial charge in [0.05, 0.1) is 0 Å². The lowest BCUT2D eigenvalue weighted by molar-refractivity contribution is 0.927. The smallest absolute Gasteiger partial charge is 0.237 e. The van der Waals surface area contributed by atoms with E-state index in [4.69, 9.17) is 0 Å². The zero-order chi connectivity index (χ0) is 8.10. The number of hydrogen-bond acceptors (Lipinski definition) is 4. The third-order valence-corrected chi connectivity index (χ3v) is 1.35. The van der Waals surface area contributed by atoms with Crippen LogP contribution in [0.2, 0.25) is 0 Å². The topological polar surface area (TPSA) is 49.8 Å². The molecule has 11 heavy (non-hydrogen) atoms. The van der Waals surface area contributed by atoms with E-state index in [1.807, 2.05) is 12.4 Å². The Labute approximate surface area is 66.0 Å². The Morgan fingerprint density at radius 3 is 2.45 bits per heavy atom. The lowest BCUT2D eigenvalue weighted by atomic mass is 10.3. The Kier molecular flexibility index (Phi) is 2.80. The fourth-order valence-corrected chi connectivity index (χ4v) is 0.714. The summed E-state index contributed by atoms with van der Waals surface area (Å²) in [4.78, 5) is 8.11. The van der Waals surface area contributed by atoms with Gasteiger partial charge in [0, 0.05) is 19.4 Å². The van der Waals surface area contributed by atoms with Crippen LogP contribution in [-0.2, 0) is 6.42 Å². The monoisotopic (exact) mass is 152 g/mol. The normalized spacial score (nSPS) is 9.64. The predicted molar refractivity (Wildman–Crippen MR) is 44.1 cm³/mol. The number of rotatable bonds is 3. The van der Waals surface area contributed by atoms with Crippen LogP contribution in [0.1, 0.15) is 12.5 Å². The molecule has 60 valence electrons. The number of nitrogens with zero attached hydrogens (tertiary/aromatic N) is 2. The molecule has 1 heterocycles. The number of hydrogen-bond donors (Lipinski definition) is 2. The number of nitrogens with one attached hydrogen (secondary N) is 2. The summed E-state index contributed by atoms with van der Waals surface area (Å²) in [6.45, 7) is 2.07. The van der Waals surface area contributed by atoms with Crippen molar-refractivity contribution in [2.45, 2.75) is 13.3 Å². The number of anilines is 1. The van der Waals surface area contributed by atoms with Gasteiger partial charge in [-0.05, 0) is 12.0 Å². The SMILES string of the molecule is CCc1cnc(NNC)nc1. The molecule has 0 amide bonds. The molecule has 0 unspecified atom stereocenters. The number of hydrazine groups is 1. The van der Waals surface area contributed by atoms with Crippen LogP contribution in [0.25, 0.3) is 0 Å². The summed E-state index contributed by atoms with van der Waals surface area (Å²) in [5.41, 5.74) is 6.68. The molecule has 2 N–H and O–H groups in total. The molecule has 0 aliphatic heterocycles. The van der Waals surface area contributed by atoms with Crippen molar-refractivity contribution in [2.75, 3.05) is 12.5 Å². The second-order valence-electron chi connectivity index (χ2n) is 2.14. The molecule has 0 aliphatic rings. The lowest BCUT2D eigenvalue weighted by Gasteiger charge is -2.01. The highest BCUT2D eigenvalue weighted by atomic mass is 15.4. The Morgan fingerprint density at radius 2 is 2.00 bits per heavy atom. The van der Waals surface area contributed by atoms with E-state index in [-0.39, 0.29) is 0 Å². The second kappa shape index (κ2) is 3.88. The Hall–Kier alpha value is -1.16. The van der Waals surface area contributed by atoms with Gasteiger partial charge in [-0.3, -0.25) is 5.43 Å². The summed E-state index contributed by atoms with van der Waals surface area (Å²) in [6, 6.07) is 0. The fraction of sp³-hybridized carbons (Fsp3) is 0.429. The summed E-state index contributed by atoms with van der Waals surface area (Å²) in [5.74, 6) is 0.602. The first-order valence-corrected chi connectivity index (χ1v) is 3.60. The highest BCUT2D eigenvalue weighted by molar-refractivity contribution is 5.22. The number of aromatic nitrogens is 2. The molecule has 1 rings (SSSR count). The molecule has 0 spiro atoms. The summed E-state index contributed by atoms with van der Waals surface area (Å²) < 4.78 is 0. The van der Waals surface area contributed by atoms with Gasteiger partial charge in [0.25, 0.3) is 0 Å². The summed E-state index contributed by atoms with van der Waals surface area (Å²) in [5, 5.41) is 0. The van der Waals surface area contributed by atoms with E-state index < -0.39 is 0 Å². The van der Waals surface area contributed by atoms with Gasteiger partial charge < -0.3 is 0 Å². The Bertz CT molecular complexity index is 206. The predicted octanol–water partition coefficient (Wildman–Crippen LogP) is 0.585. The molecule has 0 aromatic carbocycles. The molecule has 0 bridgehead atoms. The largest absolute Gasteiger partial charge is 0.290 e. The number of aryl methyl sites for hydroxylation is 1. The third kappa shape index (κ3) is 2.16. The van der Waals surface area contributed by atoms with Crippen molar-refractivity contribution < 1.29 is 0 Å². The highest BCUT2D eigenvalue weighted by Crippen LogP contribution is 1.98. The highest BCUT2D eigenvalue weighted by Gasteiger charge is 1.92. The minimum atomic E-state index is 0.602. The average molecular weight is 152 g/mol. The molecular weight excluding hydrogens is 140 g/mol. The van der Waals surface area contributed by atoms with Crippen molar-refractivity contribution in [1.29, 1.82) is 0 Å². The van der Waals surface area contributed by atoms with Crippen LogP contribution < -0.4 is 10.9 Å². The van der Waals surface area contributed by atoms with Crippen molar-refractivity contribution in [3.05, 3.63) is 18.0 Å². The Balaban J connectivity index is 2.66. The van der Waals surface area contributed by atoms with E-state index in [0.29, 0.717) is 5.95 Å². The first-order valence-electron chi connectivity index (χ1n) is 3.60. The quantitative estimate of drug-likeness (QED) is 0.622. The van der Waals surface area contributed by atoms with Crippen molar-refractivity contribution in [1.82, 2.24) is 15.4 Å². The maximum absolute atomic E-state index is 4.05. The van der Waals surface area contributed by atoms with Crippen LogP contribution >= 0.6 is 0 Å². The third-order valence-electron chi connectivity index (χ3n) is 1.35. The van der Waals surface area contributed by atoms with E-state index >= 15 is 0 Å². The standard InChI is InChI=1S/C7H12N4/c1-3-6-4-9-7(10-5-6)11-8-2/h4-5,8H,3H2,1-2H3,(H,9,10,11). The van der Waals surface area contributed by atoms with Crippen molar-refractivity contribution in [3.8, 4) is 0 Å². The van der Waals surface area contributed by atoms with Gasteiger partial charge in [-0.2, -0.15) is 0 Å². The van der Waals surface area contributed by atoms with Gasteiger partial charge in [0.2, 0.25) is 5.95 Å². The molecule has 0 fully saturated rings. The zero-order valence-electron chi connectivity index (χ0n) is 6.76. The summed E-state index contributed by atoms with van der Waals surface area (Å²) >= 11 is 0. The molecule has 0 saturated heterocycles. The maximum Gasteiger partial charge on any atom is 0.237 e. The molecular formula is C7H12N4. The molecule has 1 aromatic heterocycles. The summed E-state index contributed by atoms with van der Waals surface area (Å²) in [7, 11) is 1.77. The fourth-order valence-electron chi connectivity index (χ4n) is 0.714. The average Bonchev–Trinajstić information content (AvgIpc) is 2.07. The lowest BCUT2D eigenvalue weighted by Crippen LogP contribution is -2.17. The first kappa shape index (κ1) is 7.94. The van der Waals surface area contributed by atoms with E-state index in [1.54, 1.807) is 7.05 Å². The van der Waals surface area contributed by atoms with Gasteiger partial charge in [0.1, 0.15) is 0 Å². The van der Waals surface area contributed by atoms with Gasteiger partial charge in [-0.25, -0.2) is 15.4 Å². The van der Waals surface area contributed by atoms with Crippen LogP contribution in [0.5, 0.6) is 0 Å². The van der Waals surface area contributed by atoms with Crippen LogP contribution in [0.3, 0.4) is 0 Å². The zero-order valence-corrected chi connectivity index (χ0v) is 6.76. The van der Waals surface area contributed by atoms with Crippen LogP contribution in [0.4, 0.5) is 5.95 Å². The van der Waals surface area contributed by atoms with Gasteiger partial charge in [-0.1, -0.05) is 6.92 Å². The molecule has 1 aromatic rings. The molecule has 0 radical (unpaired) electrons. The van der Waals surface area contributed by atoms with Crippen LogP contribution in [0, 0.1) is 0 Å². The van der Waals surface area contributed by atoms with Crippen molar-refractivity contribution in [2.24, 2.45) is 0 Å². The Morgan fingerprint density at radius 1 is 1.36 bits per heavy atom. The van der Waals surface area contributed by atoms with Crippen molar-refractivity contribution >= 4 is 5.95 Å². The molecule has 0 saturated carbocycles. The van der Waals surface area contributed by atoms with Crippen molar-refractivity contribution in [3.63, 3.8) is 0 Å². The summed E-state index contributed by atoms with van der Waals surface area (Å²) in [6.07, 6.45) is 4.60. The van der Waals surface area contributed by atoms with E-state index in [2.05, 4.69) is 27.7 Å². The van der Waals surface area contributed by atoms with Crippen LogP contribution in [-0.4, -0.2) is 17.0 Å². The first-order chi connectivity index (χ1) is 5.36. The van der Waals surface area contributed by atoms with E-state index in [0.717, 1.165) is 12.0 Å². The maximum atomic E-state index is 4.05. The van der Waals surface area contributed by atoms with Gasteiger partial charge >= 0.3 is 0 Å². The molecule has 4 nitrogen and oxygen atoms in total. The second-order valence-corrected chi connectivity index (χ2v) is 2.14. The molecule has 0 atom stereocenters. The molecule has 4 heteroatoms. The minimum absolute atomic E-state index is 0.602. The van der Waals surface area contributed by atoms with E-state index in [9.17, 15) is 0 Å². The van der Waals surface area contributed by atoms with Gasteiger partial charge in [-0.15, -0.1) is 0 Å². The van der Waals surface area contributed by atoms with Gasteiger partial charge in [0.15, 0.2) is 0 Å². The molecule has 0 aliphatic carbocycles.